The quantitative estimate of drug-likeness (QED) is 0.823. The number of carbonyl (C=O) groups excluding carboxylic acids is 1. The second-order valence-corrected chi connectivity index (χ2v) is 4.88. The molecule has 2 aliphatic rings. The van der Waals surface area contributed by atoms with E-state index in [1.165, 1.54) is 0 Å². The van der Waals surface area contributed by atoms with Gasteiger partial charge in [-0.1, -0.05) is 0 Å². The minimum atomic E-state index is -0.340. The smallest absolute Gasteiger partial charge is 0.227 e. The first-order valence-corrected chi connectivity index (χ1v) is 6.32. The number of anilines is 2. The van der Waals surface area contributed by atoms with E-state index >= 15 is 0 Å². The van der Waals surface area contributed by atoms with Crippen molar-refractivity contribution >= 4 is 17.4 Å². The fraction of sp³-hybridized carbons (Fsp3) is 0.462. The van der Waals surface area contributed by atoms with Crippen LogP contribution in [0.1, 0.15) is 18.4 Å². The lowest BCUT2D eigenvalue weighted by atomic mass is 10.1. The molecular formula is C13H14N4O2. The molecule has 1 aromatic rings. The van der Waals surface area contributed by atoms with Gasteiger partial charge in [0.25, 0.3) is 0 Å². The molecule has 0 aromatic carbocycles. The van der Waals surface area contributed by atoms with Crippen molar-refractivity contribution in [2.45, 2.75) is 18.9 Å². The van der Waals surface area contributed by atoms with Crippen LogP contribution in [-0.4, -0.2) is 41.7 Å². The van der Waals surface area contributed by atoms with Crippen LogP contribution in [0.15, 0.2) is 12.3 Å². The van der Waals surface area contributed by atoms with Crippen LogP contribution in [0.4, 0.5) is 11.5 Å². The van der Waals surface area contributed by atoms with Gasteiger partial charge in [-0.25, -0.2) is 4.98 Å². The summed E-state index contributed by atoms with van der Waals surface area (Å²) < 4.78 is 0. The van der Waals surface area contributed by atoms with Crippen molar-refractivity contribution in [1.82, 2.24) is 4.98 Å². The number of aliphatic hydroxyl groups is 1. The third-order valence-electron chi connectivity index (χ3n) is 3.52. The van der Waals surface area contributed by atoms with Gasteiger partial charge in [0.1, 0.15) is 11.9 Å². The van der Waals surface area contributed by atoms with Crippen molar-refractivity contribution in [2.24, 2.45) is 0 Å². The van der Waals surface area contributed by atoms with E-state index in [1.54, 1.807) is 17.2 Å². The predicted octanol–water partition coefficient (Wildman–Crippen LogP) is 0.261. The van der Waals surface area contributed by atoms with E-state index in [0.29, 0.717) is 43.1 Å². The number of hydrogen-bond donors (Lipinski definition) is 1. The predicted molar refractivity (Wildman–Crippen MR) is 68.8 cm³/mol. The highest BCUT2D eigenvalue weighted by Gasteiger charge is 2.29. The fourth-order valence-corrected chi connectivity index (χ4v) is 2.48. The number of aromatic nitrogens is 1. The Labute approximate surface area is 110 Å². The lowest BCUT2D eigenvalue weighted by Gasteiger charge is -2.37. The van der Waals surface area contributed by atoms with Crippen molar-refractivity contribution in [1.29, 1.82) is 5.26 Å². The molecule has 2 aliphatic heterocycles. The van der Waals surface area contributed by atoms with Gasteiger partial charge in [-0.2, -0.15) is 5.26 Å². The molecule has 6 nitrogen and oxygen atoms in total. The minimum Gasteiger partial charge on any atom is -0.389 e. The summed E-state index contributed by atoms with van der Waals surface area (Å²) >= 11 is 0. The number of pyridine rings is 1. The Hall–Kier alpha value is -2.13. The number of β-amino-alcohol motifs (C(OH)–C–C–N with tert-alkyl or cyclic N) is 1. The first-order valence-electron chi connectivity index (χ1n) is 6.32. The molecule has 1 N–H and O–H groups in total. The summed E-state index contributed by atoms with van der Waals surface area (Å²) in [5.41, 5.74) is 1.13. The molecule has 6 heteroatoms. The van der Waals surface area contributed by atoms with Gasteiger partial charge in [0.15, 0.2) is 0 Å². The second kappa shape index (κ2) is 4.52. The van der Waals surface area contributed by atoms with Gasteiger partial charge in [0.2, 0.25) is 5.91 Å². The number of aliphatic hydroxyl groups excluding tert-OH is 1. The number of rotatable bonds is 2. The number of nitriles is 1. The molecule has 2 fully saturated rings. The molecule has 3 rings (SSSR count). The SMILES string of the molecule is N#Cc1cc(N2CCCC2=O)cnc1N1CC(O)C1. The van der Waals surface area contributed by atoms with Gasteiger partial charge >= 0.3 is 0 Å². The zero-order valence-corrected chi connectivity index (χ0v) is 10.4. The van der Waals surface area contributed by atoms with E-state index in [2.05, 4.69) is 11.1 Å². The van der Waals surface area contributed by atoms with Crippen LogP contribution >= 0.6 is 0 Å². The molecule has 19 heavy (non-hydrogen) atoms. The molecule has 0 saturated carbocycles. The number of amides is 1. The largest absolute Gasteiger partial charge is 0.389 e. The highest BCUT2D eigenvalue weighted by atomic mass is 16.3. The van der Waals surface area contributed by atoms with Gasteiger partial charge < -0.3 is 14.9 Å². The Bertz CT molecular complexity index is 560. The number of hydrogen-bond acceptors (Lipinski definition) is 5. The lowest BCUT2D eigenvalue weighted by molar-refractivity contribution is -0.117. The van der Waals surface area contributed by atoms with Gasteiger partial charge in [0.05, 0.1) is 23.6 Å². The van der Waals surface area contributed by atoms with E-state index in [0.717, 1.165) is 6.42 Å². The van der Waals surface area contributed by atoms with E-state index in [-0.39, 0.29) is 12.0 Å². The molecule has 2 saturated heterocycles. The average Bonchev–Trinajstić information content (AvgIpc) is 2.81. The Morgan fingerprint density at radius 2 is 2.26 bits per heavy atom. The summed E-state index contributed by atoms with van der Waals surface area (Å²) in [6.45, 7) is 1.69. The molecule has 1 aromatic heterocycles. The van der Waals surface area contributed by atoms with E-state index in [4.69, 9.17) is 0 Å². The lowest BCUT2D eigenvalue weighted by Crippen LogP contribution is -2.51. The van der Waals surface area contributed by atoms with Crippen LogP contribution in [0.25, 0.3) is 0 Å². The van der Waals surface area contributed by atoms with Gasteiger partial charge in [-0.05, 0) is 12.5 Å². The van der Waals surface area contributed by atoms with E-state index in [9.17, 15) is 15.2 Å². The van der Waals surface area contributed by atoms with Gasteiger partial charge in [-0.3, -0.25) is 4.79 Å². The zero-order chi connectivity index (χ0) is 13.4. The summed E-state index contributed by atoms with van der Waals surface area (Å²) in [5.74, 6) is 0.668. The average molecular weight is 258 g/mol. The van der Waals surface area contributed by atoms with Crippen LogP contribution in [0, 0.1) is 11.3 Å². The van der Waals surface area contributed by atoms with Crippen LogP contribution < -0.4 is 9.80 Å². The zero-order valence-electron chi connectivity index (χ0n) is 10.4. The van der Waals surface area contributed by atoms with Gasteiger partial charge in [-0.15, -0.1) is 0 Å². The maximum Gasteiger partial charge on any atom is 0.227 e. The molecule has 1 amide bonds. The number of carbonyl (C=O) groups is 1. The first-order chi connectivity index (χ1) is 9.19. The number of nitrogens with zero attached hydrogens (tertiary/aromatic N) is 4. The van der Waals surface area contributed by atoms with Gasteiger partial charge in [0, 0.05) is 26.1 Å². The van der Waals surface area contributed by atoms with Crippen molar-refractivity contribution in [2.75, 3.05) is 29.4 Å². The summed E-state index contributed by atoms with van der Waals surface area (Å²) in [7, 11) is 0. The molecule has 0 spiro atoms. The highest BCUT2D eigenvalue weighted by Crippen LogP contribution is 2.28. The summed E-state index contributed by atoms with van der Waals surface area (Å²) in [6, 6.07) is 3.82. The molecule has 0 bridgehead atoms. The van der Waals surface area contributed by atoms with Crippen molar-refractivity contribution in [3.63, 3.8) is 0 Å². The van der Waals surface area contributed by atoms with Crippen molar-refractivity contribution < 1.29 is 9.90 Å². The normalized spacial score (nSPS) is 19.5. The van der Waals surface area contributed by atoms with Crippen molar-refractivity contribution in [3.8, 4) is 6.07 Å². The third-order valence-corrected chi connectivity index (χ3v) is 3.52. The van der Waals surface area contributed by atoms with Crippen LogP contribution in [-0.2, 0) is 4.79 Å². The highest BCUT2D eigenvalue weighted by molar-refractivity contribution is 5.95. The molecule has 0 atom stereocenters. The van der Waals surface area contributed by atoms with E-state index < -0.39 is 0 Å². The Morgan fingerprint density at radius 1 is 1.47 bits per heavy atom. The summed E-state index contributed by atoms with van der Waals surface area (Å²) in [6.07, 6.45) is 2.69. The van der Waals surface area contributed by atoms with E-state index in [1.807, 2.05) is 4.90 Å². The fourth-order valence-electron chi connectivity index (χ4n) is 2.48. The van der Waals surface area contributed by atoms with Crippen LogP contribution in [0.3, 0.4) is 0 Å². The Kier molecular flexibility index (Phi) is 2.84. The van der Waals surface area contributed by atoms with Crippen LogP contribution in [0.5, 0.6) is 0 Å². The molecular weight excluding hydrogens is 244 g/mol. The van der Waals surface area contributed by atoms with Crippen LogP contribution in [0.2, 0.25) is 0 Å². The topological polar surface area (TPSA) is 80.5 Å². The Balaban J connectivity index is 1.89. The third kappa shape index (κ3) is 2.02. The minimum absolute atomic E-state index is 0.0813. The monoisotopic (exact) mass is 258 g/mol. The Morgan fingerprint density at radius 3 is 2.84 bits per heavy atom. The molecule has 3 heterocycles. The summed E-state index contributed by atoms with van der Waals surface area (Å²) in [4.78, 5) is 19.5. The molecule has 0 radical (unpaired) electrons. The maximum absolute atomic E-state index is 11.7. The molecule has 0 unspecified atom stereocenters. The maximum atomic E-state index is 11.7. The standard InChI is InChI=1S/C13H14N4O2/c14-5-9-4-10(17-3-1-2-12(17)19)6-15-13(9)16-7-11(18)8-16/h4,6,11,18H,1-3,7-8H2. The summed E-state index contributed by atoms with van der Waals surface area (Å²) in [5, 5.41) is 18.5. The molecule has 98 valence electrons. The first kappa shape index (κ1) is 11.9. The van der Waals surface area contributed by atoms with Crippen molar-refractivity contribution in [3.05, 3.63) is 17.8 Å². The molecule has 0 aliphatic carbocycles. The second-order valence-electron chi connectivity index (χ2n) is 4.88.